The van der Waals surface area contributed by atoms with Crippen molar-refractivity contribution in [2.24, 2.45) is 17.9 Å². The van der Waals surface area contributed by atoms with E-state index in [1.54, 1.807) is 18.8 Å². The molecule has 7 nitrogen and oxygen atoms in total. The Bertz CT molecular complexity index is 662. The number of fused-ring (bicyclic) bond motifs is 1. The quantitative estimate of drug-likeness (QED) is 0.373. The molecular weight excluding hydrogens is 258 g/mol. The number of amidine groups is 1. The van der Waals surface area contributed by atoms with E-state index in [0.717, 1.165) is 10.9 Å². The molecule has 2 aromatic rings. The maximum Gasteiger partial charge on any atom is 0.274 e. The van der Waals surface area contributed by atoms with Gasteiger partial charge in [-0.15, -0.1) is 0 Å². The Morgan fingerprint density at radius 2 is 2.20 bits per heavy atom. The highest BCUT2D eigenvalue weighted by Gasteiger charge is 2.19. The minimum absolute atomic E-state index is 0.0931. The number of carbonyl (C=O) groups excluding carboxylic acids is 1. The van der Waals surface area contributed by atoms with Crippen LogP contribution in [0.3, 0.4) is 0 Å². The zero-order valence-corrected chi connectivity index (χ0v) is 11.4. The van der Waals surface area contributed by atoms with Gasteiger partial charge in [0.1, 0.15) is 5.84 Å². The summed E-state index contributed by atoms with van der Waals surface area (Å²) in [6, 6.07) is 7.56. The fourth-order valence-electron chi connectivity index (χ4n) is 1.99. The molecule has 0 radical (unpaired) electrons. The van der Waals surface area contributed by atoms with Crippen molar-refractivity contribution >= 4 is 22.6 Å². The molecule has 0 fully saturated rings. The zero-order valence-electron chi connectivity index (χ0n) is 11.4. The number of carbonyl (C=O) groups is 1. The molecule has 1 amide bonds. The number of amides is 1. The summed E-state index contributed by atoms with van der Waals surface area (Å²) in [5.41, 5.74) is 6.71. The van der Waals surface area contributed by atoms with Gasteiger partial charge >= 0.3 is 0 Å². The van der Waals surface area contributed by atoms with E-state index in [4.69, 9.17) is 10.9 Å². The van der Waals surface area contributed by atoms with Gasteiger partial charge in [-0.2, -0.15) is 5.10 Å². The maximum absolute atomic E-state index is 12.4. The first-order chi connectivity index (χ1) is 9.54. The highest BCUT2D eigenvalue weighted by molar-refractivity contribution is 6.04. The van der Waals surface area contributed by atoms with Gasteiger partial charge in [-0.1, -0.05) is 23.4 Å². The average Bonchev–Trinajstić information content (AvgIpc) is 2.81. The van der Waals surface area contributed by atoms with E-state index in [1.165, 1.54) is 4.90 Å². The van der Waals surface area contributed by atoms with Crippen LogP contribution in [0, 0.1) is 0 Å². The lowest BCUT2D eigenvalue weighted by Gasteiger charge is -2.15. The summed E-state index contributed by atoms with van der Waals surface area (Å²) in [4.78, 5) is 13.9. The Kier molecular flexibility index (Phi) is 3.88. The van der Waals surface area contributed by atoms with Crippen LogP contribution in [0.25, 0.3) is 10.9 Å². The molecule has 1 heterocycles. The molecule has 20 heavy (non-hydrogen) atoms. The molecule has 0 saturated carbocycles. The smallest absolute Gasteiger partial charge is 0.274 e. The second-order valence-electron chi connectivity index (χ2n) is 4.56. The van der Waals surface area contributed by atoms with Crippen molar-refractivity contribution in [2.75, 3.05) is 13.6 Å². The number of benzene rings is 1. The van der Waals surface area contributed by atoms with E-state index in [9.17, 15) is 4.79 Å². The fourth-order valence-corrected chi connectivity index (χ4v) is 1.99. The van der Waals surface area contributed by atoms with Crippen molar-refractivity contribution in [3.8, 4) is 0 Å². The fraction of sp³-hybridized carbons (Fsp3) is 0.308. The molecule has 1 aromatic heterocycles. The van der Waals surface area contributed by atoms with Crippen molar-refractivity contribution in [2.45, 2.75) is 6.42 Å². The first kappa shape index (κ1) is 13.9. The van der Waals surface area contributed by atoms with Crippen LogP contribution in [0.2, 0.25) is 0 Å². The Hall–Kier alpha value is -2.57. The predicted molar refractivity (Wildman–Crippen MR) is 75.7 cm³/mol. The number of para-hydroxylation sites is 1. The highest BCUT2D eigenvalue weighted by Crippen LogP contribution is 2.18. The Morgan fingerprint density at radius 3 is 2.90 bits per heavy atom. The Balaban J connectivity index is 2.23. The number of nitrogens with zero attached hydrogens (tertiary/aromatic N) is 4. The van der Waals surface area contributed by atoms with E-state index in [0.29, 0.717) is 18.7 Å². The molecule has 0 aliphatic heterocycles. The van der Waals surface area contributed by atoms with Gasteiger partial charge in [0, 0.05) is 32.4 Å². The van der Waals surface area contributed by atoms with Crippen molar-refractivity contribution < 1.29 is 10.0 Å². The van der Waals surface area contributed by atoms with Crippen LogP contribution in [0.15, 0.2) is 29.4 Å². The third kappa shape index (κ3) is 2.56. The van der Waals surface area contributed by atoms with Crippen LogP contribution in [-0.4, -0.2) is 45.2 Å². The minimum Gasteiger partial charge on any atom is -0.409 e. The average molecular weight is 275 g/mol. The third-order valence-corrected chi connectivity index (χ3v) is 3.14. The Morgan fingerprint density at radius 1 is 1.50 bits per heavy atom. The van der Waals surface area contributed by atoms with Crippen LogP contribution in [0.1, 0.15) is 16.9 Å². The third-order valence-electron chi connectivity index (χ3n) is 3.14. The summed E-state index contributed by atoms with van der Waals surface area (Å²) < 4.78 is 1.68. The van der Waals surface area contributed by atoms with E-state index >= 15 is 0 Å². The van der Waals surface area contributed by atoms with Crippen molar-refractivity contribution in [3.05, 3.63) is 30.0 Å². The molecule has 1 aromatic carbocycles. The first-order valence-electron chi connectivity index (χ1n) is 6.18. The lowest BCUT2D eigenvalue weighted by molar-refractivity contribution is 0.0793. The SMILES string of the molecule is CN(CC/C(N)=N/O)C(=O)c1nn(C)c2ccccc12. The summed E-state index contributed by atoms with van der Waals surface area (Å²) in [7, 11) is 3.46. The largest absolute Gasteiger partial charge is 0.409 e. The molecule has 3 N–H and O–H groups in total. The van der Waals surface area contributed by atoms with Crippen molar-refractivity contribution in [1.29, 1.82) is 0 Å². The molecule has 0 bridgehead atoms. The van der Waals surface area contributed by atoms with E-state index < -0.39 is 0 Å². The second kappa shape index (κ2) is 5.60. The van der Waals surface area contributed by atoms with Gasteiger partial charge in [-0.25, -0.2) is 0 Å². The second-order valence-corrected chi connectivity index (χ2v) is 4.56. The maximum atomic E-state index is 12.4. The van der Waals surface area contributed by atoms with Gasteiger partial charge < -0.3 is 15.8 Å². The monoisotopic (exact) mass is 275 g/mol. The molecule has 0 aliphatic rings. The zero-order chi connectivity index (χ0) is 14.7. The number of hydrogen-bond acceptors (Lipinski definition) is 4. The number of hydrogen-bond donors (Lipinski definition) is 2. The van der Waals surface area contributed by atoms with E-state index in [-0.39, 0.29) is 11.7 Å². The molecule has 2 rings (SSSR count). The van der Waals surface area contributed by atoms with Gasteiger partial charge in [-0.05, 0) is 6.07 Å². The van der Waals surface area contributed by atoms with Gasteiger partial charge in [0.05, 0.1) is 5.52 Å². The van der Waals surface area contributed by atoms with Crippen LogP contribution < -0.4 is 5.73 Å². The minimum atomic E-state index is -0.187. The summed E-state index contributed by atoms with van der Waals surface area (Å²) in [5, 5.41) is 16.5. The number of oxime groups is 1. The van der Waals surface area contributed by atoms with Gasteiger partial charge in [-0.3, -0.25) is 9.48 Å². The first-order valence-corrected chi connectivity index (χ1v) is 6.18. The van der Waals surface area contributed by atoms with E-state index in [2.05, 4.69) is 10.3 Å². The van der Waals surface area contributed by atoms with Crippen LogP contribution in [0.4, 0.5) is 0 Å². The molecule has 0 spiro atoms. The van der Waals surface area contributed by atoms with Gasteiger partial charge in [0.25, 0.3) is 5.91 Å². The van der Waals surface area contributed by atoms with Gasteiger partial charge in [0.2, 0.25) is 0 Å². The van der Waals surface area contributed by atoms with Crippen LogP contribution in [-0.2, 0) is 7.05 Å². The lowest BCUT2D eigenvalue weighted by Crippen LogP contribution is -2.31. The lowest BCUT2D eigenvalue weighted by atomic mass is 10.2. The predicted octanol–water partition coefficient (Wildman–Crippen LogP) is 0.782. The molecule has 7 heteroatoms. The summed E-state index contributed by atoms with van der Waals surface area (Å²) in [6.07, 6.45) is 0.309. The summed E-state index contributed by atoms with van der Waals surface area (Å²) in [6.45, 7) is 0.361. The summed E-state index contributed by atoms with van der Waals surface area (Å²) >= 11 is 0. The van der Waals surface area contributed by atoms with E-state index in [1.807, 2.05) is 24.3 Å². The molecular formula is C13H17N5O2. The van der Waals surface area contributed by atoms with Crippen LogP contribution >= 0.6 is 0 Å². The Labute approximate surface area is 116 Å². The standard InChI is InChI=1S/C13H17N5O2/c1-17(8-7-11(14)16-20)13(19)12-9-5-3-4-6-10(9)18(2)15-12/h3-6,20H,7-8H2,1-2H3,(H2,14,16). The molecule has 0 unspecified atom stereocenters. The van der Waals surface area contributed by atoms with Gasteiger partial charge in [0.15, 0.2) is 5.69 Å². The summed E-state index contributed by atoms with van der Waals surface area (Å²) in [5.74, 6) is -0.0944. The van der Waals surface area contributed by atoms with Crippen molar-refractivity contribution in [3.63, 3.8) is 0 Å². The molecule has 0 atom stereocenters. The number of aromatic nitrogens is 2. The van der Waals surface area contributed by atoms with Crippen molar-refractivity contribution in [1.82, 2.24) is 14.7 Å². The molecule has 106 valence electrons. The normalized spacial score (nSPS) is 11.8. The number of nitrogens with two attached hydrogens (primary N) is 1. The highest BCUT2D eigenvalue weighted by atomic mass is 16.4. The number of rotatable bonds is 4. The molecule has 0 aliphatic carbocycles. The number of aryl methyl sites for hydroxylation is 1. The topological polar surface area (TPSA) is 96.7 Å². The van der Waals surface area contributed by atoms with Crippen LogP contribution in [0.5, 0.6) is 0 Å². The molecule has 0 saturated heterocycles.